The Hall–Kier alpha value is -3.62. The predicted octanol–water partition coefficient (Wildman–Crippen LogP) is 4.02. The van der Waals surface area contributed by atoms with Crippen LogP contribution in [0.2, 0.25) is 5.02 Å². The number of Topliss-reactive ketones (excluding diaryl/α,β-unsaturated/α-hetero) is 1. The lowest BCUT2D eigenvalue weighted by Gasteiger charge is -2.35. The van der Waals surface area contributed by atoms with Crippen molar-refractivity contribution in [2.45, 2.75) is 11.5 Å². The first-order chi connectivity index (χ1) is 15.8. The first kappa shape index (κ1) is 21.2. The predicted molar refractivity (Wildman–Crippen MR) is 122 cm³/mol. The molecule has 2 aliphatic rings. The van der Waals surface area contributed by atoms with Crippen LogP contribution in [0.5, 0.6) is 0 Å². The monoisotopic (exact) mass is 462 g/mol. The van der Waals surface area contributed by atoms with E-state index < -0.39 is 22.3 Å². The summed E-state index contributed by atoms with van der Waals surface area (Å²) in [6.45, 7) is 0.349. The van der Waals surface area contributed by atoms with E-state index in [-0.39, 0.29) is 17.4 Å². The third kappa shape index (κ3) is 3.13. The maximum atomic E-state index is 14.0. The molecule has 3 heterocycles. The van der Waals surface area contributed by atoms with Gasteiger partial charge in [-0.25, -0.2) is 0 Å². The minimum absolute atomic E-state index is 0.0643. The van der Waals surface area contributed by atoms with Crippen molar-refractivity contribution in [3.05, 3.63) is 98.8 Å². The van der Waals surface area contributed by atoms with Gasteiger partial charge in [0.2, 0.25) is 5.91 Å². The van der Waals surface area contributed by atoms with Crippen LogP contribution in [0.1, 0.15) is 27.4 Å². The van der Waals surface area contributed by atoms with Crippen molar-refractivity contribution in [2.75, 3.05) is 18.9 Å². The molecule has 0 radical (unpaired) electrons. The molecule has 8 nitrogen and oxygen atoms in total. The summed E-state index contributed by atoms with van der Waals surface area (Å²) in [7, 11) is 1.79. The summed E-state index contributed by atoms with van der Waals surface area (Å²) in [6, 6.07) is 14.6. The van der Waals surface area contributed by atoms with Gasteiger partial charge in [-0.15, -0.1) is 0 Å². The van der Waals surface area contributed by atoms with Gasteiger partial charge in [-0.05, 0) is 42.9 Å². The van der Waals surface area contributed by atoms with Crippen LogP contribution in [0.3, 0.4) is 0 Å². The molecule has 2 aliphatic heterocycles. The van der Waals surface area contributed by atoms with Crippen LogP contribution in [-0.4, -0.2) is 40.1 Å². The number of carbonyl (C=O) groups is 2. The number of nitrogens with zero attached hydrogens (tertiary/aromatic N) is 3. The fourth-order valence-electron chi connectivity index (χ4n) is 5.28. The summed E-state index contributed by atoms with van der Waals surface area (Å²) in [5, 5.41) is 14.8. The van der Waals surface area contributed by atoms with Crippen molar-refractivity contribution >= 4 is 34.7 Å². The van der Waals surface area contributed by atoms with Gasteiger partial charge in [0.05, 0.1) is 10.8 Å². The molecule has 1 fully saturated rings. The molecular weight excluding hydrogens is 444 g/mol. The van der Waals surface area contributed by atoms with Gasteiger partial charge < -0.3 is 5.32 Å². The molecule has 1 spiro atoms. The Morgan fingerprint density at radius 3 is 2.70 bits per heavy atom. The second-order valence-corrected chi connectivity index (χ2v) is 8.76. The minimum Gasteiger partial charge on any atom is -0.324 e. The smallest absolute Gasteiger partial charge is 0.269 e. The van der Waals surface area contributed by atoms with Crippen molar-refractivity contribution in [1.82, 2.24) is 9.88 Å². The molecule has 1 saturated heterocycles. The zero-order valence-electron chi connectivity index (χ0n) is 17.6. The number of amides is 1. The third-order valence-corrected chi connectivity index (χ3v) is 6.90. The molecule has 2 aromatic carbocycles. The van der Waals surface area contributed by atoms with Crippen LogP contribution >= 0.6 is 11.6 Å². The quantitative estimate of drug-likeness (QED) is 0.356. The number of hydrogen-bond donors (Lipinski definition) is 1. The van der Waals surface area contributed by atoms with Crippen LogP contribution in [0.4, 0.5) is 11.4 Å². The van der Waals surface area contributed by atoms with E-state index >= 15 is 0 Å². The first-order valence-electron chi connectivity index (χ1n) is 10.4. The lowest BCUT2D eigenvalue weighted by molar-refractivity contribution is -0.384. The van der Waals surface area contributed by atoms with Crippen molar-refractivity contribution in [1.29, 1.82) is 0 Å². The number of ketones is 1. The maximum Gasteiger partial charge on any atom is 0.269 e. The molecule has 33 heavy (non-hydrogen) atoms. The average Bonchev–Trinajstić information content (AvgIpc) is 3.29. The number of hydrogen-bond acceptors (Lipinski definition) is 6. The second kappa shape index (κ2) is 7.75. The number of non-ortho nitro benzene ring substituents is 1. The zero-order chi connectivity index (χ0) is 23.3. The largest absolute Gasteiger partial charge is 0.324 e. The molecule has 3 atom stereocenters. The Balaban J connectivity index is 1.74. The van der Waals surface area contributed by atoms with E-state index in [0.717, 1.165) is 0 Å². The van der Waals surface area contributed by atoms with Crippen LogP contribution in [-0.2, 0) is 10.3 Å². The highest BCUT2D eigenvalue weighted by Gasteiger charge is 2.64. The summed E-state index contributed by atoms with van der Waals surface area (Å²) in [5.41, 5.74) is 0.902. The molecule has 9 heteroatoms. The maximum absolute atomic E-state index is 14.0. The van der Waals surface area contributed by atoms with Crippen LogP contribution < -0.4 is 5.32 Å². The topological polar surface area (TPSA) is 105 Å². The minimum atomic E-state index is -1.31. The van der Waals surface area contributed by atoms with Gasteiger partial charge in [0.1, 0.15) is 5.54 Å². The second-order valence-electron chi connectivity index (χ2n) is 8.33. The van der Waals surface area contributed by atoms with Gasteiger partial charge in [-0.3, -0.25) is 29.6 Å². The summed E-state index contributed by atoms with van der Waals surface area (Å²) in [4.78, 5) is 44.4. The van der Waals surface area contributed by atoms with Gasteiger partial charge in [-0.2, -0.15) is 0 Å². The molecular formula is C24H19ClN4O4. The molecule has 1 N–H and O–H groups in total. The number of fused-ring (bicyclic) bond motifs is 2. The van der Waals surface area contributed by atoms with Gasteiger partial charge in [0, 0.05) is 58.8 Å². The molecule has 1 aromatic heterocycles. The Morgan fingerprint density at radius 1 is 1.21 bits per heavy atom. The number of likely N-dealkylation sites (N-methyl/N-ethyl adjacent to an activating group) is 1. The van der Waals surface area contributed by atoms with Crippen LogP contribution in [0, 0.1) is 16.0 Å². The number of anilines is 1. The SMILES string of the molecule is CN1C[C@H](c2cccc([N+](=O)[O-])c2)[C@@H](C(=O)c2ccncc2)[C@@]12C(=O)Nc1ccc(Cl)cc12. The molecule has 1 amide bonds. The molecule has 166 valence electrons. The number of nitrogens with one attached hydrogen (secondary N) is 1. The van der Waals surface area contributed by atoms with Gasteiger partial charge >= 0.3 is 0 Å². The molecule has 5 rings (SSSR count). The highest BCUT2D eigenvalue weighted by Crippen LogP contribution is 2.56. The van der Waals surface area contributed by atoms with Crippen molar-refractivity contribution in [3.63, 3.8) is 0 Å². The van der Waals surface area contributed by atoms with Crippen LogP contribution in [0.25, 0.3) is 0 Å². The van der Waals surface area contributed by atoms with Crippen LogP contribution in [0.15, 0.2) is 67.0 Å². The lowest BCUT2D eigenvalue weighted by Crippen LogP contribution is -2.51. The van der Waals surface area contributed by atoms with Gasteiger partial charge in [0.15, 0.2) is 5.78 Å². The number of likely N-dealkylation sites (tertiary alicyclic amines) is 1. The van der Waals surface area contributed by atoms with E-state index in [2.05, 4.69) is 10.3 Å². The number of nitro benzene ring substituents is 1. The number of pyridine rings is 1. The third-order valence-electron chi connectivity index (χ3n) is 6.67. The van der Waals surface area contributed by atoms with E-state index in [1.807, 2.05) is 4.90 Å². The zero-order valence-corrected chi connectivity index (χ0v) is 18.3. The first-order valence-corrected chi connectivity index (χ1v) is 10.7. The molecule has 0 saturated carbocycles. The molecule has 3 aromatic rings. The van der Waals surface area contributed by atoms with E-state index in [1.165, 1.54) is 24.5 Å². The van der Waals surface area contributed by atoms with E-state index in [4.69, 9.17) is 11.6 Å². The van der Waals surface area contributed by atoms with E-state index in [0.29, 0.717) is 33.9 Å². The lowest BCUT2D eigenvalue weighted by atomic mass is 9.70. The molecule has 0 aliphatic carbocycles. The fraction of sp³-hybridized carbons (Fsp3) is 0.208. The van der Waals surface area contributed by atoms with Crippen molar-refractivity contribution < 1.29 is 14.5 Å². The highest BCUT2D eigenvalue weighted by molar-refractivity contribution is 6.31. The van der Waals surface area contributed by atoms with Crippen molar-refractivity contribution in [2.24, 2.45) is 5.92 Å². The van der Waals surface area contributed by atoms with E-state index in [1.54, 1.807) is 49.5 Å². The number of halogens is 1. The Morgan fingerprint density at radius 2 is 1.97 bits per heavy atom. The molecule has 0 bridgehead atoms. The summed E-state index contributed by atoms with van der Waals surface area (Å²) in [6.07, 6.45) is 3.06. The number of benzene rings is 2. The van der Waals surface area contributed by atoms with E-state index in [9.17, 15) is 19.7 Å². The highest BCUT2D eigenvalue weighted by atomic mass is 35.5. The van der Waals surface area contributed by atoms with Gasteiger partial charge in [0.25, 0.3) is 5.69 Å². The Labute approximate surface area is 194 Å². The van der Waals surface area contributed by atoms with Crippen molar-refractivity contribution in [3.8, 4) is 0 Å². The fourth-order valence-corrected chi connectivity index (χ4v) is 5.45. The summed E-state index contributed by atoms with van der Waals surface area (Å²) < 4.78 is 0. The number of rotatable bonds is 4. The summed E-state index contributed by atoms with van der Waals surface area (Å²) in [5.74, 6) is -1.86. The molecule has 0 unspecified atom stereocenters. The Kier molecular flexibility index (Phi) is 4.99. The Bertz CT molecular complexity index is 1300. The number of carbonyl (C=O) groups excluding carboxylic acids is 2. The summed E-state index contributed by atoms with van der Waals surface area (Å²) >= 11 is 6.31. The normalized spacial score (nSPS) is 24.0. The number of aromatic nitrogens is 1. The average molecular weight is 463 g/mol. The van der Waals surface area contributed by atoms with Gasteiger partial charge in [-0.1, -0.05) is 23.7 Å². The number of nitro groups is 1. The standard InChI is InChI=1S/C24H19ClN4O4/c1-28-13-18(15-3-2-4-17(11-15)29(32)33)21(22(30)14-7-9-26-10-8-14)24(28)19-12-16(25)5-6-20(19)27-23(24)31/h2-12,18,21H,13H2,1H3,(H,27,31)/t18-,21+,24+/m1/s1.